The van der Waals surface area contributed by atoms with Crippen molar-refractivity contribution in [1.29, 1.82) is 0 Å². The number of hydrogen-bond acceptors (Lipinski definition) is 14. The van der Waals surface area contributed by atoms with Crippen LogP contribution in [-0.2, 0) is 55.8 Å². The first-order chi connectivity index (χ1) is 49.2. The van der Waals surface area contributed by atoms with Gasteiger partial charge in [0.25, 0.3) is 0 Å². The first-order valence-corrected chi connectivity index (χ1v) is 43.5. The quantitative estimate of drug-likeness (QED) is 0.0146. The van der Waals surface area contributed by atoms with E-state index in [0.717, 1.165) is 128 Å². The molecule has 0 saturated heterocycles. The number of allylic oxidation sites excluding steroid dienone is 16. The fourth-order valence-electron chi connectivity index (χ4n) is 11.1. The lowest BCUT2D eigenvalue weighted by Gasteiger charge is -2.21. The van der Waals surface area contributed by atoms with Crippen molar-refractivity contribution in [1.82, 2.24) is 0 Å². The van der Waals surface area contributed by atoms with Crippen molar-refractivity contribution in [3.05, 3.63) is 97.2 Å². The van der Waals surface area contributed by atoms with Crippen LogP contribution in [0.4, 0.5) is 0 Å². The van der Waals surface area contributed by atoms with E-state index in [4.69, 9.17) is 32.3 Å². The van der Waals surface area contributed by atoms with Crippen LogP contribution < -0.4 is 0 Å². The van der Waals surface area contributed by atoms with Crippen LogP contribution in [0.15, 0.2) is 97.2 Å². The third-order valence-corrected chi connectivity index (χ3v) is 19.2. The predicted molar refractivity (Wildman–Crippen MR) is 417 cm³/mol. The lowest BCUT2D eigenvalue weighted by atomic mass is 10.0. The van der Waals surface area contributed by atoms with Crippen LogP contribution in [0.25, 0.3) is 0 Å². The van der Waals surface area contributed by atoms with Gasteiger partial charge in [0.1, 0.15) is 25.4 Å². The van der Waals surface area contributed by atoms with Gasteiger partial charge in [0.2, 0.25) is 0 Å². The monoisotopic (exact) mass is 1460 g/mol. The highest BCUT2D eigenvalue weighted by Gasteiger charge is 2.29. The molecular weight excluding hydrogens is 1310 g/mol. The summed E-state index contributed by atoms with van der Waals surface area (Å²) in [6.07, 6.45) is 87.6. The number of hydrogen-bond donors (Lipinski definition) is 4. The largest absolute Gasteiger partial charge is 0.472 e. The molecule has 0 radical (unpaired) electrons. The number of aliphatic hydroxyl groups is 2. The van der Waals surface area contributed by atoms with E-state index in [0.29, 0.717) is 19.3 Å². The summed E-state index contributed by atoms with van der Waals surface area (Å²) in [5.41, 5.74) is 0. The maximum absolute atomic E-state index is 12.9. The highest BCUT2D eigenvalue weighted by molar-refractivity contribution is 7.47. The Morgan fingerprint density at radius 1 is 0.287 bits per heavy atom. The Balaban J connectivity index is 4.35. The molecule has 0 aromatic carbocycles. The highest BCUT2D eigenvalue weighted by atomic mass is 31.2. The van der Waals surface area contributed by atoms with Crippen molar-refractivity contribution in [3.8, 4) is 0 Å². The van der Waals surface area contributed by atoms with Crippen LogP contribution in [0.2, 0.25) is 0 Å². The van der Waals surface area contributed by atoms with Crippen molar-refractivity contribution in [2.75, 3.05) is 39.6 Å². The van der Waals surface area contributed by atoms with Crippen molar-refractivity contribution in [2.45, 2.75) is 373 Å². The summed E-state index contributed by atoms with van der Waals surface area (Å²) < 4.78 is 61.1. The van der Waals surface area contributed by atoms with Crippen LogP contribution in [0.5, 0.6) is 0 Å². The maximum atomic E-state index is 12.9. The zero-order valence-corrected chi connectivity index (χ0v) is 65.9. The Morgan fingerprint density at radius 2 is 0.525 bits per heavy atom. The Bertz CT molecular complexity index is 2220. The second-order valence-corrected chi connectivity index (χ2v) is 30.1. The van der Waals surface area contributed by atoms with Gasteiger partial charge in [0.05, 0.1) is 26.4 Å². The number of aliphatic hydroxyl groups excluding tert-OH is 2. The Kier molecular flexibility index (Phi) is 73.5. The minimum atomic E-state index is -4.92. The number of unbranched alkanes of at least 4 members (excludes halogenated alkanes) is 38. The molecular formula is C83H148O16P2. The van der Waals surface area contributed by atoms with Gasteiger partial charge in [0, 0.05) is 19.3 Å². The number of phosphoric acid groups is 2. The summed E-state index contributed by atoms with van der Waals surface area (Å²) in [4.78, 5) is 58.6. The third kappa shape index (κ3) is 77.4. The minimum absolute atomic E-state index is 0.107. The topological polar surface area (TPSA) is 231 Å². The van der Waals surface area contributed by atoms with Gasteiger partial charge < -0.3 is 34.2 Å². The molecule has 0 spiro atoms. The number of esters is 3. The molecule has 0 heterocycles. The van der Waals surface area contributed by atoms with Gasteiger partial charge in [-0.05, 0) is 103 Å². The second kappa shape index (κ2) is 76.1. The molecule has 0 fully saturated rings. The standard InChI is InChI=1S/C83H148O16P2/c1-4-7-10-13-16-19-22-25-28-29-30-31-32-33-34-35-36-37-38-39-40-41-42-43-44-45-46-47-50-52-54-57-60-63-66-69-81(86)93-72-78(84)73-95-100(89,90)96-74-79(85)75-97-101(91,92)98-77-80(99-83(88)71-68-65-62-59-56-53-49-27-24-21-18-15-12-9-6-3)76-94-82(87)70-67-64-61-58-55-51-48-26-23-20-17-14-11-8-5-2/h7,10,16-17,19-20,25-26,28,30-31,33-34,36-37,48,78-80,84-85H,4-6,8-9,11-15,18,21-24,27,29,32,35,38-47,49-77H2,1-3H3,(H,89,90)(H,91,92)/b10-7-,19-16-,20-17-,28-25-,31-30-,34-33-,37-36-,48-26-. The molecule has 0 saturated carbocycles. The molecule has 586 valence electrons. The van der Waals surface area contributed by atoms with Gasteiger partial charge in [-0.1, -0.05) is 330 Å². The fourth-order valence-corrected chi connectivity index (χ4v) is 12.7. The van der Waals surface area contributed by atoms with Gasteiger partial charge in [0.15, 0.2) is 6.10 Å². The molecule has 0 aliphatic rings. The van der Waals surface area contributed by atoms with E-state index in [2.05, 4.69) is 118 Å². The predicted octanol–water partition coefficient (Wildman–Crippen LogP) is 23.8. The number of rotatable bonds is 77. The average molecular weight is 1460 g/mol. The molecule has 4 N–H and O–H groups in total. The molecule has 0 bridgehead atoms. The van der Waals surface area contributed by atoms with Crippen molar-refractivity contribution >= 4 is 33.6 Å². The molecule has 16 nitrogen and oxygen atoms in total. The van der Waals surface area contributed by atoms with Crippen molar-refractivity contribution < 1.29 is 75.8 Å². The highest BCUT2D eigenvalue weighted by Crippen LogP contribution is 2.45. The van der Waals surface area contributed by atoms with Crippen LogP contribution in [0.1, 0.15) is 355 Å². The summed E-state index contributed by atoms with van der Waals surface area (Å²) >= 11 is 0. The molecule has 18 heteroatoms. The van der Waals surface area contributed by atoms with E-state index in [1.807, 2.05) is 0 Å². The van der Waals surface area contributed by atoms with E-state index in [1.165, 1.54) is 167 Å². The van der Waals surface area contributed by atoms with Crippen LogP contribution in [-0.4, -0.2) is 95.9 Å². The zero-order chi connectivity index (χ0) is 73.7. The van der Waals surface area contributed by atoms with E-state index in [9.17, 15) is 43.5 Å². The summed E-state index contributed by atoms with van der Waals surface area (Å²) in [5, 5.41) is 20.6. The zero-order valence-electron chi connectivity index (χ0n) is 64.1. The van der Waals surface area contributed by atoms with Gasteiger partial charge in [-0.2, -0.15) is 0 Å². The summed E-state index contributed by atoms with van der Waals surface area (Å²) in [7, 11) is -9.78. The molecule has 101 heavy (non-hydrogen) atoms. The lowest BCUT2D eigenvalue weighted by Crippen LogP contribution is -2.30. The van der Waals surface area contributed by atoms with E-state index in [-0.39, 0.29) is 19.3 Å². The minimum Gasteiger partial charge on any atom is -0.463 e. The van der Waals surface area contributed by atoms with E-state index >= 15 is 0 Å². The number of carbonyl (C=O) groups excluding carboxylic acids is 3. The second-order valence-electron chi connectivity index (χ2n) is 27.2. The number of ether oxygens (including phenoxy) is 3. The smallest absolute Gasteiger partial charge is 0.463 e. The van der Waals surface area contributed by atoms with Gasteiger partial charge in [-0.3, -0.25) is 32.5 Å². The fraction of sp³-hybridized carbons (Fsp3) is 0.771. The van der Waals surface area contributed by atoms with Gasteiger partial charge >= 0.3 is 33.6 Å². The molecule has 5 unspecified atom stereocenters. The molecule has 0 aliphatic heterocycles. The Hall–Kier alpha value is -3.53. The normalized spacial score (nSPS) is 14.5. The van der Waals surface area contributed by atoms with Gasteiger partial charge in [-0.25, -0.2) is 9.13 Å². The van der Waals surface area contributed by atoms with Crippen LogP contribution in [0, 0.1) is 0 Å². The molecule has 0 amide bonds. The lowest BCUT2D eigenvalue weighted by molar-refractivity contribution is -0.161. The van der Waals surface area contributed by atoms with E-state index in [1.54, 1.807) is 0 Å². The maximum Gasteiger partial charge on any atom is 0.472 e. The van der Waals surface area contributed by atoms with Crippen LogP contribution >= 0.6 is 15.6 Å². The molecule has 0 rings (SSSR count). The molecule has 0 aliphatic carbocycles. The molecule has 5 atom stereocenters. The Labute approximate surface area is 616 Å². The molecule has 0 aromatic heterocycles. The summed E-state index contributed by atoms with van der Waals surface area (Å²) in [6, 6.07) is 0. The van der Waals surface area contributed by atoms with Crippen molar-refractivity contribution in [2.24, 2.45) is 0 Å². The first kappa shape index (κ1) is 97.5. The number of phosphoric ester groups is 2. The first-order valence-electron chi connectivity index (χ1n) is 40.5. The average Bonchev–Trinajstić information content (AvgIpc) is 1.74. The van der Waals surface area contributed by atoms with E-state index < -0.39 is 91.5 Å². The number of carbonyl (C=O) groups is 3. The summed E-state index contributed by atoms with van der Waals surface area (Å²) in [6.45, 7) is 2.57. The summed E-state index contributed by atoms with van der Waals surface area (Å²) in [5.74, 6) is -1.57. The Morgan fingerprint density at radius 3 is 0.851 bits per heavy atom. The van der Waals surface area contributed by atoms with Gasteiger partial charge in [-0.15, -0.1) is 0 Å². The van der Waals surface area contributed by atoms with Crippen LogP contribution in [0.3, 0.4) is 0 Å². The van der Waals surface area contributed by atoms with Crippen molar-refractivity contribution in [3.63, 3.8) is 0 Å². The third-order valence-electron chi connectivity index (χ3n) is 17.3. The molecule has 0 aromatic rings. The SMILES string of the molecule is CC/C=C\C/C=C\C/C=C\C/C=C\C/C=C\C/C=C\CCCCCCCCCCCCCCCCCCC(=O)OCC(O)COP(=O)(O)OCC(O)COP(=O)(O)OCC(COC(=O)CCCCCCC/C=C\C/C=C\CCCCC)OC(=O)CCCCCCCCCCCCCCCCC.